The number of ether oxygens (including phenoxy) is 1. The van der Waals surface area contributed by atoms with Gasteiger partial charge in [0.2, 0.25) is 5.91 Å². The lowest BCUT2D eigenvalue weighted by Gasteiger charge is -2.26. The molecule has 1 unspecified atom stereocenters. The summed E-state index contributed by atoms with van der Waals surface area (Å²) in [5, 5.41) is 12.7. The molecule has 0 spiro atoms. The summed E-state index contributed by atoms with van der Waals surface area (Å²) in [5.41, 5.74) is 0.744. The predicted octanol–water partition coefficient (Wildman–Crippen LogP) is 0.964. The maximum Gasteiger partial charge on any atom is 0.326 e. The molecule has 1 aromatic rings. The van der Waals surface area contributed by atoms with Crippen molar-refractivity contribution in [1.82, 2.24) is 10.1 Å². The van der Waals surface area contributed by atoms with Gasteiger partial charge in [0.1, 0.15) is 19.3 Å². The molecule has 0 radical (unpaired) electrons. The highest BCUT2D eigenvalue weighted by Crippen LogP contribution is 2.28. The quantitative estimate of drug-likeness (QED) is 0.800. The summed E-state index contributed by atoms with van der Waals surface area (Å²) in [6, 6.07) is 0.930. The van der Waals surface area contributed by atoms with Crippen LogP contribution in [0, 0.1) is 6.92 Å². The van der Waals surface area contributed by atoms with E-state index in [4.69, 9.17) is 14.4 Å². The molecule has 2 rings (SSSR count). The van der Waals surface area contributed by atoms with E-state index in [-0.39, 0.29) is 25.2 Å². The molecule has 7 heteroatoms. The first-order valence-electron chi connectivity index (χ1n) is 6.53. The number of carbonyl (C=O) groups excluding carboxylic acids is 1. The predicted molar refractivity (Wildman–Crippen MR) is 67.9 cm³/mol. The van der Waals surface area contributed by atoms with Crippen LogP contribution in [-0.2, 0) is 20.9 Å². The van der Waals surface area contributed by atoms with Gasteiger partial charge in [-0.2, -0.15) is 0 Å². The third kappa shape index (κ3) is 3.57. The lowest BCUT2D eigenvalue weighted by atomic mass is 10.2. The zero-order chi connectivity index (χ0) is 14.7. The number of carboxylic acid groups (broad SMARTS) is 1. The SMILES string of the molecule is Cc1cc(COCC(=O)N(C2CC2)C(C)C(=O)O)on1. The van der Waals surface area contributed by atoms with Gasteiger partial charge >= 0.3 is 5.97 Å². The lowest BCUT2D eigenvalue weighted by molar-refractivity contribution is -0.152. The van der Waals surface area contributed by atoms with E-state index in [2.05, 4.69) is 5.16 Å². The molecule has 1 amide bonds. The van der Waals surface area contributed by atoms with Crippen LogP contribution in [0.4, 0.5) is 0 Å². The highest BCUT2D eigenvalue weighted by Gasteiger charge is 2.38. The number of aromatic nitrogens is 1. The number of aliphatic carboxylic acids is 1. The first-order chi connectivity index (χ1) is 9.49. The zero-order valence-corrected chi connectivity index (χ0v) is 11.5. The summed E-state index contributed by atoms with van der Waals surface area (Å²) in [6.45, 7) is 3.29. The van der Waals surface area contributed by atoms with Crippen molar-refractivity contribution in [2.45, 2.75) is 45.4 Å². The summed E-state index contributed by atoms with van der Waals surface area (Å²) in [6.07, 6.45) is 1.70. The second-order valence-corrected chi connectivity index (χ2v) is 4.97. The van der Waals surface area contributed by atoms with Crippen LogP contribution >= 0.6 is 0 Å². The van der Waals surface area contributed by atoms with E-state index in [9.17, 15) is 9.59 Å². The number of hydrogen-bond acceptors (Lipinski definition) is 5. The molecule has 1 aliphatic carbocycles. The van der Waals surface area contributed by atoms with Crippen molar-refractivity contribution in [2.75, 3.05) is 6.61 Å². The Morgan fingerprint density at radius 3 is 2.80 bits per heavy atom. The highest BCUT2D eigenvalue weighted by molar-refractivity contribution is 5.84. The molecule has 1 aromatic heterocycles. The van der Waals surface area contributed by atoms with Crippen LogP contribution in [-0.4, -0.2) is 45.7 Å². The number of aryl methyl sites for hydroxylation is 1. The van der Waals surface area contributed by atoms with Crippen molar-refractivity contribution in [2.24, 2.45) is 0 Å². The molecule has 7 nitrogen and oxygen atoms in total. The Hall–Kier alpha value is -1.89. The standard InChI is InChI=1S/C13H18N2O5/c1-8-5-11(20-14-8)6-19-7-12(16)15(10-3-4-10)9(2)13(17)18/h5,9-10H,3-4,6-7H2,1-2H3,(H,17,18). The van der Waals surface area contributed by atoms with E-state index in [1.54, 1.807) is 13.0 Å². The molecule has 1 saturated carbocycles. The second kappa shape index (κ2) is 6.04. The summed E-state index contributed by atoms with van der Waals surface area (Å²) >= 11 is 0. The van der Waals surface area contributed by atoms with Gasteiger partial charge in [-0.15, -0.1) is 0 Å². The van der Waals surface area contributed by atoms with Crippen LogP contribution in [0.3, 0.4) is 0 Å². The maximum atomic E-state index is 12.1. The molecule has 1 heterocycles. The van der Waals surface area contributed by atoms with Gasteiger partial charge in [-0.1, -0.05) is 5.16 Å². The molecule has 20 heavy (non-hydrogen) atoms. The Morgan fingerprint density at radius 1 is 1.60 bits per heavy atom. The van der Waals surface area contributed by atoms with Crippen molar-refractivity contribution in [3.8, 4) is 0 Å². The molecule has 1 N–H and O–H groups in total. The van der Waals surface area contributed by atoms with E-state index >= 15 is 0 Å². The molecular formula is C13H18N2O5. The monoisotopic (exact) mass is 282 g/mol. The van der Waals surface area contributed by atoms with Crippen molar-refractivity contribution in [3.63, 3.8) is 0 Å². The van der Waals surface area contributed by atoms with Crippen molar-refractivity contribution in [3.05, 3.63) is 17.5 Å². The van der Waals surface area contributed by atoms with Gasteiger partial charge in [0, 0.05) is 12.1 Å². The highest BCUT2D eigenvalue weighted by atomic mass is 16.5. The van der Waals surface area contributed by atoms with Crippen LogP contribution in [0.15, 0.2) is 10.6 Å². The molecule has 1 fully saturated rings. The number of rotatable bonds is 7. The van der Waals surface area contributed by atoms with E-state index in [1.165, 1.54) is 11.8 Å². The number of amides is 1. The van der Waals surface area contributed by atoms with Crippen LogP contribution in [0.2, 0.25) is 0 Å². The Morgan fingerprint density at radius 2 is 2.30 bits per heavy atom. The van der Waals surface area contributed by atoms with Crippen molar-refractivity contribution < 1.29 is 24.0 Å². The molecule has 110 valence electrons. The molecule has 0 bridgehead atoms. The van der Waals surface area contributed by atoms with Crippen LogP contribution < -0.4 is 0 Å². The third-order valence-electron chi connectivity index (χ3n) is 3.15. The van der Waals surface area contributed by atoms with Crippen molar-refractivity contribution in [1.29, 1.82) is 0 Å². The number of carbonyl (C=O) groups is 2. The average molecular weight is 282 g/mol. The Bertz CT molecular complexity index is 495. The fourth-order valence-corrected chi connectivity index (χ4v) is 2.01. The third-order valence-corrected chi connectivity index (χ3v) is 3.15. The van der Waals surface area contributed by atoms with E-state index in [1.807, 2.05) is 0 Å². The summed E-state index contributed by atoms with van der Waals surface area (Å²) in [7, 11) is 0. The fourth-order valence-electron chi connectivity index (χ4n) is 2.01. The minimum absolute atomic E-state index is 0.0322. The average Bonchev–Trinajstić information content (AvgIpc) is 3.12. The maximum absolute atomic E-state index is 12.1. The summed E-state index contributed by atoms with van der Waals surface area (Å²) in [4.78, 5) is 24.5. The molecule has 0 aromatic carbocycles. The van der Waals surface area contributed by atoms with Gasteiger partial charge in [-0.25, -0.2) is 4.79 Å². The normalized spacial score (nSPS) is 15.9. The number of carboxylic acids is 1. The van der Waals surface area contributed by atoms with Gasteiger partial charge in [0.05, 0.1) is 5.69 Å². The molecule has 0 saturated heterocycles. The van der Waals surface area contributed by atoms with Crippen LogP contribution in [0.5, 0.6) is 0 Å². The van der Waals surface area contributed by atoms with Gasteiger partial charge < -0.3 is 19.3 Å². The number of hydrogen-bond donors (Lipinski definition) is 1. The Balaban J connectivity index is 1.84. The molecular weight excluding hydrogens is 264 g/mol. The smallest absolute Gasteiger partial charge is 0.326 e. The second-order valence-electron chi connectivity index (χ2n) is 4.97. The van der Waals surface area contributed by atoms with E-state index in [0.29, 0.717) is 5.76 Å². The van der Waals surface area contributed by atoms with Gasteiger partial charge in [0.15, 0.2) is 5.76 Å². The summed E-state index contributed by atoms with van der Waals surface area (Å²) in [5.74, 6) is -0.769. The largest absolute Gasteiger partial charge is 0.480 e. The fraction of sp³-hybridized carbons (Fsp3) is 0.615. The van der Waals surface area contributed by atoms with Gasteiger partial charge in [-0.05, 0) is 26.7 Å². The Kier molecular flexibility index (Phi) is 4.39. The summed E-state index contributed by atoms with van der Waals surface area (Å²) < 4.78 is 10.2. The lowest BCUT2D eigenvalue weighted by Crippen LogP contribution is -2.46. The minimum Gasteiger partial charge on any atom is -0.480 e. The molecule has 1 aliphatic rings. The topological polar surface area (TPSA) is 92.9 Å². The zero-order valence-electron chi connectivity index (χ0n) is 11.5. The van der Waals surface area contributed by atoms with Crippen molar-refractivity contribution >= 4 is 11.9 Å². The van der Waals surface area contributed by atoms with Crippen LogP contribution in [0.1, 0.15) is 31.2 Å². The van der Waals surface area contributed by atoms with E-state index in [0.717, 1.165) is 18.5 Å². The van der Waals surface area contributed by atoms with Gasteiger partial charge in [0.25, 0.3) is 0 Å². The minimum atomic E-state index is -1.00. The molecule has 0 aliphatic heterocycles. The Labute approximate surface area is 116 Å². The van der Waals surface area contributed by atoms with E-state index < -0.39 is 12.0 Å². The van der Waals surface area contributed by atoms with Crippen LogP contribution in [0.25, 0.3) is 0 Å². The first-order valence-corrected chi connectivity index (χ1v) is 6.53. The number of nitrogens with zero attached hydrogens (tertiary/aromatic N) is 2. The molecule has 1 atom stereocenters. The van der Waals surface area contributed by atoms with Gasteiger partial charge in [-0.3, -0.25) is 4.79 Å². The first kappa shape index (κ1) is 14.5.